The molecule has 4 N–H and O–H groups in total. The van der Waals surface area contributed by atoms with E-state index < -0.39 is 14.4 Å². The Morgan fingerprint density at radius 1 is 1.05 bits per heavy atom. The summed E-state index contributed by atoms with van der Waals surface area (Å²) in [6.45, 7) is 15.7. The van der Waals surface area contributed by atoms with E-state index in [-0.39, 0.29) is 28.6 Å². The Labute approximate surface area is 337 Å². The van der Waals surface area contributed by atoms with Gasteiger partial charge in [0, 0.05) is 44.2 Å². The van der Waals surface area contributed by atoms with Crippen LogP contribution in [0.4, 0.5) is 10.6 Å². The number of anilines is 1. The molecule has 0 unspecified atom stereocenters. The van der Waals surface area contributed by atoms with Gasteiger partial charge in [-0.15, -0.1) is 16.4 Å². The number of ether oxygens (including phenoxy) is 1. The fourth-order valence-corrected chi connectivity index (χ4v) is 9.06. The molecule has 1 atom stereocenters. The molecule has 7 rings (SSSR count). The number of fused-ring (bicyclic) bond motifs is 2. The Kier molecular flexibility index (Phi) is 12.2. The highest BCUT2D eigenvalue weighted by molar-refractivity contribution is 7.13. The van der Waals surface area contributed by atoms with Gasteiger partial charge in [0.1, 0.15) is 17.4 Å². The van der Waals surface area contributed by atoms with E-state index in [1.54, 1.807) is 17.6 Å². The summed E-state index contributed by atoms with van der Waals surface area (Å²) in [4.78, 5) is 35.3. The smallest absolute Gasteiger partial charge is 0.413 e. The monoisotopic (exact) mass is 808 g/mol. The number of likely N-dealkylation sites (tertiary alicyclic amines) is 1. The number of nitrogens with zero attached hydrogens (tertiary/aromatic N) is 5. The first-order valence-electron chi connectivity index (χ1n) is 19.6. The number of aromatic hydroxyl groups is 1. The van der Waals surface area contributed by atoms with Gasteiger partial charge in [0.25, 0.3) is 0 Å². The Morgan fingerprint density at radius 2 is 1.84 bits per heavy atom. The third-order valence-electron chi connectivity index (χ3n) is 11.2. The van der Waals surface area contributed by atoms with E-state index in [0.29, 0.717) is 24.4 Å². The molecule has 0 aliphatic carbocycles. The van der Waals surface area contributed by atoms with Crippen LogP contribution in [-0.2, 0) is 22.3 Å². The fraction of sp³-hybridized carbons (Fsp3) is 0.405. The first kappa shape index (κ1) is 40.3. The lowest BCUT2D eigenvalue weighted by molar-refractivity contribution is 0.0582. The second-order valence-corrected chi connectivity index (χ2v) is 21.9. The summed E-state index contributed by atoms with van der Waals surface area (Å²) in [6, 6.07) is 22.9. The molecule has 0 bridgehead atoms. The highest BCUT2D eigenvalue weighted by Crippen LogP contribution is 2.41. The number of rotatable bonds is 14. The van der Waals surface area contributed by atoms with E-state index in [0.717, 1.165) is 83.4 Å². The lowest BCUT2D eigenvalue weighted by Gasteiger charge is -2.39. The van der Waals surface area contributed by atoms with E-state index >= 15 is 0 Å². The topological polar surface area (TPSA) is 160 Å². The Bertz CT molecular complexity index is 2370. The minimum atomic E-state index is -2.20. The molecule has 0 spiro atoms. The minimum Gasteiger partial charge on any atom is -0.506 e. The number of amides is 1. The number of pyridine rings is 1. The number of phenols is 1. The Hall–Kier alpha value is -4.93. The standard InChI is InChI=1S/C42H52N8O5SSi/c1-42(2,3)57(4,5)55-36(31-13-16-35(51)38-32(31)14-17-37(52)45-38)26-43-25-28-12-15-34-33(24-28)47-48-50(34)21-9-20-49-22-18-30(19-23-49)54-41(53)46-40-39(56-27-44-40)29-10-7-6-8-11-29/h6-8,10-17,24,27,30,36,43,51H,9,18-23,25-26H2,1-5H3,(H,45,52)(H,46,53)/t36-/m0/s1. The van der Waals surface area contributed by atoms with Gasteiger partial charge < -0.3 is 29.5 Å². The second-order valence-electron chi connectivity index (χ2n) is 16.2. The molecule has 1 amide bonds. The molecule has 1 saturated heterocycles. The summed E-state index contributed by atoms with van der Waals surface area (Å²) in [7, 11) is -2.20. The number of carbonyl (C=O) groups is 1. The average Bonchev–Trinajstić information content (AvgIpc) is 3.82. The molecule has 1 fully saturated rings. The van der Waals surface area contributed by atoms with Crippen molar-refractivity contribution in [1.82, 2.24) is 35.2 Å². The summed E-state index contributed by atoms with van der Waals surface area (Å²) in [5.74, 6) is 0.561. The predicted octanol–water partition coefficient (Wildman–Crippen LogP) is 8.06. The van der Waals surface area contributed by atoms with Crippen LogP contribution in [0.15, 0.2) is 83.1 Å². The second kappa shape index (κ2) is 17.3. The molecule has 15 heteroatoms. The summed E-state index contributed by atoms with van der Waals surface area (Å²) in [5, 5.41) is 26.7. The first-order chi connectivity index (χ1) is 27.3. The molecule has 0 radical (unpaired) electrons. The maximum absolute atomic E-state index is 12.7. The number of aryl methyl sites for hydroxylation is 1. The fourth-order valence-electron chi connectivity index (χ4n) is 7.03. The van der Waals surface area contributed by atoms with Crippen LogP contribution in [0, 0.1) is 0 Å². The van der Waals surface area contributed by atoms with Crippen LogP contribution in [0.5, 0.6) is 5.75 Å². The maximum Gasteiger partial charge on any atom is 0.413 e. The molecule has 6 aromatic rings. The normalized spacial score (nSPS) is 15.0. The van der Waals surface area contributed by atoms with Gasteiger partial charge >= 0.3 is 6.09 Å². The molecule has 57 heavy (non-hydrogen) atoms. The largest absolute Gasteiger partial charge is 0.506 e. The molecule has 1 aliphatic heterocycles. The van der Waals surface area contributed by atoms with Crippen molar-refractivity contribution in [3.8, 4) is 16.2 Å². The van der Waals surface area contributed by atoms with Gasteiger partial charge in [-0.05, 0) is 84.9 Å². The number of aromatic amines is 1. The van der Waals surface area contributed by atoms with Crippen LogP contribution in [0.25, 0.3) is 32.4 Å². The summed E-state index contributed by atoms with van der Waals surface area (Å²) in [6.07, 6.45) is 1.61. The van der Waals surface area contributed by atoms with Gasteiger partial charge in [-0.25, -0.2) is 14.5 Å². The van der Waals surface area contributed by atoms with Crippen LogP contribution in [-0.4, -0.2) is 81.7 Å². The number of piperidine rings is 1. The van der Waals surface area contributed by atoms with E-state index in [9.17, 15) is 14.7 Å². The molecule has 1 aliphatic rings. The summed E-state index contributed by atoms with van der Waals surface area (Å²) in [5.41, 5.74) is 6.74. The maximum atomic E-state index is 12.7. The number of phenolic OH excluding ortho intramolecular Hbond substituents is 1. The number of H-pyrrole nitrogens is 1. The molecule has 300 valence electrons. The minimum absolute atomic E-state index is 0.00842. The van der Waals surface area contributed by atoms with Crippen LogP contribution in [0.1, 0.15) is 57.3 Å². The SMILES string of the molecule is CC(C)(C)[Si](C)(C)O[C@@H](CNCc1ccc2c(c1)nnn2CCCN1CCC(OC(=O)Nc2ncsc2-c2ccccc2)CC1)c1ccc(O)c2[nH]c(=O)ccc12. The van der Waals surface area contributed by atoms with Crippen LogP contribution >= 0.6 is 11.3 Å². The van der Waals surface area contributed by atoms with E-state index in [4.69, 9.17) is 9.16 Å². The number of aromatic nitrogens is 5. The molecule has 0 saturated carbocycles. The first-order valence-corrected chi connectivity index (χ1v) is 23.4. The molecule has 3 aromatic carbocycles. The van der Waals surface area contributed by atoms with Crippen LogP contribution in [0.2, 0.25) is 18.1 Å². The molecule has 4 heterocycles. The van der Waals surface area contributed by atoms with E-state index in [2.05, 4.69) is 87.9 Å². The van der Waals surface area contributed by atoms with Gasteiger partial charge in [0.05, 0.1) is 27.5 Å². The lowest BCUT2D eigenvalue weighted by Crippen LogP contribution is -2.43. The highest BCUT2D eigenvalue weighted by Gasteiger charge is 2.39. The van der Waals surface area contributed by atoms with Gasteiger partial charge in [-0.3, -0.25) is 10.1 Å². The number of nitrogens with one attached hydrogen (secondary N) is 3. The van der Waals surface area contributed by atoms with Crippen LogP contribution < -0.4 is 16.2 Å². The van der Waals surface area contributed by atoms with Crippen molar-refractivity contribution >= 4 is 53.5 Å². The van der Waals surface area contributed by atoms with Gasteiger partial charge in [-0.2, -0.15) is 0 Å². The van der Waals surface area contributed by atoms with E-state index in [1.807, 2.05) is 41.1 Å². The zero-order valence-electron chi connectivity index (χ0n) is 33.2. The van der Waals surface area contributed by atoms with Crippen molar-refractivity contribution in [2.45, 2.75) is 83.5 Å². The van der Waals surface area contributed by atoms with Gasteiger partial charge in [-0.1, -0.05) is 68.4 Å². The predicted molar refractivity (Wildman–Crippen MR) is 228 cm³/mol. The van der Waals surface area contributed by atoms with Crippen LogP contribution in [0.3, 0.4) is 0 Å². The van der Waals surface area contributed by atoms with E-state index in [1.165, 1.54) is 17.4 Å². The number of hydrogen-bond acceptors (Lipinski definition) is 11. The number of hydrogen-bond donors (Lipinski definition) is 4. The van der Waals surface area contributed by atoms with Gasteiger partial charge in [0.2, 0.25) is 5.56 Å². The summed E-state index contributed by atoms with van der Waals surface area (Å²) >= 11 is 1.49. The van der Waals surface area contributed by atoms with Crippen molar-refractivity contribution in [3.05, 3.63) is 99.8 Å². The highest BCUT2D eigenvalue weighted by atomic mass is 32.1. The Morgan fingerprint density at radius 3 is 2.61 bits per heavy atom. The zero-order chi connectivity index (χ0) is 40.2. The molecule has 3 aromatic heterocycles. The average molecular weight is 809 g/mol. The third-order valence-corrected chi connectivity index (χ3v) is 16.6. The third kappa shape index (κ3) is 9.62. The van der Waals surface area contributed by atoms with Crippen molar-refractivity contribution in [2.75, 3.05) is 31.5 Å². The van der Waals surface area contributed by atoms with Gasteiger partial charge in [0.15, 0.2) is 14.1 Å². The summed E-state index contributed by atoms with van der Waals surface area (Å²) < 4.78 is 14.7. The molecular weight excluding hydrogens is 757 g/mol. The number of carbonyl (C=O) groups excluding carboxylic acids is 1. The van der Waals surface area contributed by atoms with Crippen molar-refractivity contribution in [2.24, 2.45) is 0 Å². The Balaban J connectivity index is 0.892. The molecule has 13 nitrogen and oxygen atoms in total. The lowest BCUT2D eigenvalue weighted by atomic mass is 10.0. The van der Waals surface area contributed by atoms with Crippen molar-refractivity contribution in [1.29, 1.82) is 0 Å². The molecular formula is C42H52N8O5SSi. The van der Waals surface area contributed by atoms with Crippen molar-refractivity contribution < 1.29 is 19.1 Å². The number of thiazole rings is 1. The quantitative estimate of drug-likeness (QED) is 0.0794. The number of benzene rings is 3. The van der Waals surface area contributed by atoms with Crippen molar-refractivity contribution in [3.63, 3.8) is 0 Å². The zero-order valence-corrected chi connectivity index (χ0v) is 35.1.